The number of hydrogen-bond donors (Lipinski definition) is 0. The third-order valence-corrected chi connectivity index (χ3v) is 4.15. The van der Waals surface area contributed by atoms with Gasteiger partial charge in [0.25, 0.3) is 0 Å². The van der Waals surface area contributed by atoms with Crippen molar-refractivity contribution in [3.63, 3.8) is 0 Å². The third kappa shape index (κ3) is 3.82. The maximum atomic E-state index is 13.9. The topological polar surface area (TPSA) is 23.6 Å². The Balaban J connectivity index is 2.08. The summed E-state index contributed by atoms with van der Waals surface area (Å²) in [7, 11) is 2.15. The van der Waals surface area contributed by atoms with E-state index in [-0.39, 0.29) is 11.3 Å². The van der Waals surface area contributed by atoms with Gasteiger partial charge in [0.2, 0.25) is 0 Å². The minimum Gasteiger partial charge on any atom is -0.371 e. The maximum Gasteiger partial charge on any atom is 0.164 e. The smallest absolute Gasteiger partial charge is 0.164 e. The van der Waals surface area contributed by atoms with Crippen LogP contribution in [-0.2, 0) is 0 Å². The summed E-state index contributed by atoms with van der Waals surface area (Å²) >= 11 is 0. The summed E-state index contributed by atoms with van der Waals surface area (Å²) < 4.78 is 13.9. The molecule has 1 saturated heterocycles. The zero-order valence-electron chi connectivity index (χ0n) is 13.2. The summed E-state index contributed by atoms with van der Waals surface area (Å²) in [5.41, 5.74) is 0.989. The number of anilines is 1. The van der Waals surface area contributed by atoms with E-state index in [0.717, 1.165) is 44.7 Å². The fourth-order valence-electron chi connectivity index (χ4n) is 3.24. The number of Topliss-reactive ketones (excluding diaryl/α,β-unsaturated/α-hetero) is 1. The average molecular weight is 292 g/mol. The molecule has 0 unspecified atom stereocenters. The average Bonchev–Trinajstić information content (AvgIpc) is 2.86. The molecule has 3 nitrogen and oxygen atoms in total. The van der Waals surface area contributed by atoms with Gasteiger partial charge in [-0.3, -0.25) is 4.79 Å². The van der Waals surface area contributed by atoms with Crippen LogP contribution in [-0.4, -0.2) is 43.9 Å². The van der Waals surface area contributed by atoms with Crippen LogP contribution in [0.4, 0.5) is 10.1 Å². The van der Waals surface area contributed by atoms with Gasteiger partial charge in [-0.2, -0.15) is 0 Å². The molecule has 1 aliphatic rings. The maximum absolute atomic E-state index is 13.9. The van der Waals surface area contributed by atoms with Crippen LogP contribution in [0.1, 0.15) is 37.0 Å². The van der Waals surface area contributed by atoms with Gasteiger partial charge in [0.1, 0.15) is 5.82 Å². The van der Waals surface area contributed by atoms with Crippen molar-refractivity contribution in [2.75, 3.05) is 38.1 Å². The predicted molar refractivity (Wildman–Crippen MR) is 84.5 cm³/mol. The third-order valence-electron chi connectivity index (χ3n) is 4.15. The van der Waals surface area contributed by atoms with E-state index in [0.29, 0.717) is 5.92 Å². The van der Waals surface area contributed by atoms with Crippen LogP contribution in [0.15, 0.2) is 18.2 Å². The number of hydrogen-bond acceptors (Lipinski definition) is 3. The molecule has 1 aliphatic heterocycles. The molecule has 0 bridgehead atoms. The molecule has 2 rings (SSSR count). The number of rotatable bonds is 6. The van der Waals surface area contributed by atoms with Crippen LogP contribution in [0.25, 0.3) is 0 Å². The highest BCUT2D eigenvalue weighted by Crippen LogP contribution is 2.29. The number of benzene rings is 1. The van der Waals surface area contributed by atoms with Gasteiger partial charge in [0.05, 0.1) is 11.3 Å². The molecule has 0 N–H and O–H groups in total. The lowest BCUT2D eigenvalue weighted by atomic mass is 10.1. The van der Waals surface area contributed by atoms with E-state index in [4.69, 9.17) is 0 Å². The van der Waals surface area contributed by atoms with E-state index in [9.17, 15) is 9.18 Å². The molecule has 0 spiro atoms. The second-order valence-electron chi connectivity index (χ2n) is 6.05. The van der Waals surface area contributed by atoms with E-state index in [1.807, 2.05) is 6.07 Å². The van der Waals surface area contributed by atoms with E-state index >= 15 is 0 Å². The lowest BCUT2D eigenvalue weighted by Gasteiger charge is -2.23. The Morgan fingerprint density at radius 2 is 2.24 bits per heavy atom. The lowest BCUT2D eigenvalue weighted by Crippen LogP contribution is -2.29. The highest BCUT2D eigenvalue weighted by Gasteiger charge is 2.26. The minimum atomic E-state index is -0.411. The molecule has 116 valence electrons. The molecule has 0 saturated carbocycles. The van der Waals surface area contributed by atoms with Crippen molar-refractivity contribution >= 4 is 11.5 Å². The van der Waals surface area contributed by atoms with Crippen molar-refractivity contribution in [2.45, 2.75) is 26.7 Å². The van der Waals surface area contributed by atoms with Crippen molar-refractivity contribution in [3.05, 3.63) is 29.6 Å². The Labute approximate surface area is 126 Å². The fraction of sp³-hybridized carbons (Fsp3) is 0.588. The predicted octanol–water partition coefficient (Wildman–Crippen LogP) is 3.20. The minimum absolute atomic E-state index is 0.199. The molecule has 1 fully saturated rings. The Morgan fingerprint density at radius 1 is 1.48 bits per heavy atom. The normalized spacial score (nSPS) is 18.5. The summed E-state index contributed by atoms with van der Waals surface area (Å²) in [4.78, 5) is 16.2. The first-order valence-corrected chi connectivity index (χ1v) is 7.75. The first kappa shape index (κ1) is 16.0. The quantitative estimate of drug-likeness (QED) is 0.752. The van der Waals surface area contributed by atoms with Gasteiger partial charge in [-0.1, -0.05) is 13.0 Å². The standard InChI is InChI=1S/C17H25FN2O/c1-4-9-19(3)11-14-8-10-20(12-14)16-7-5-6-15(18)17(16)13(2)21/h5-7,14H,4,8-12H2,1-3H3/t14-/m0/s1. The number of carbonyl (C=O) groups is 1. The highest BCUT2D eigenvalue weighted by atomic mass is 19.1. The van der Waals surface area contributed by atoms with Crippen molar-refractivity contribution < 1.29 is 9.18 Å². The van der Waals surface area contributed by atoms with Gasteiger partial charge in [0.15, 0.2) is 5.78 Å². The van der Waals surface area contributed by atoms with Crippen LogP contribution >= 0.6 is 0 Å². The Morgan fingerprint density at radius 3 is 2.90 bits per heavy atom. The molecule has 0 amide bonds. The first-order valence-electron chi connectivity index (χ1n) is 7.75. The SMILES string of the molecule is CCCN(C)C[C@@H]1CCN(c2cccc(F)c2C(C)=O)C1. The van der Waals surface area contributed by atoms with Gasteiger partial charge in [-0.05, 0) is 51.4 Å². The van der Waals surface area contributed by atoms with E-state index < -0.39 is 5.82 Å². The Hall–Kier alpha value is -1.42. The molecular weight excluding hydrogens is 267 g/mol. The Bertz CT molecular complexity index is 504. The van der Waals surface area contributed by atoms with Crippen LogP contribution in [0.5, 0.6) is 0 Å². The molecule has 0 radical (unpaired) electrons. The van der Waals surface area contributed by atoms with Gasteiger partial charge in [-0.15, -0.1) is 0 Å². The van der Waals surface area contributed by atoms with Crippen LogP contribution < -0.4 is 4.90 Å². The zero-order valence-corrected chi connectivity index (χ0v) is 13.2. The molecule has 0 aliphatic carbocycles. The summed E-state index contributed by atoms with van der Waals surface area (Å²) in [5.74, 6) is -0.0224. The van der Waals surface area contributed by atoms with Crippen molar-refractivity contribution in [3.8, 4) is 0 Å². The molecule has 4 heteroatoms. The molecular formula is C17H25FN2O. The number of ketones is 1. The molecule has 1 heterocycles. The van der Waals surface area contributed by atoms with E-state index in [1.165, 1.54) is 13.0 Å². The first-order chi connectivity index (χ1) is 10.0. The largest absolute Gasteiger partial charge is 0.371 e. The summed E-state index contributed by atoms with van der Waals surface area (Å²) in [5, 5.41) is 0. The Kier molecular flexibility index (Phi) is 5.34. The van der Waals surface area contributed by atoms with Gasteiger partial charge in [-0.25, -0.2) is 4.39 Å². The molecule has 0 aromatic heterocycles. The second kappa shape index (κ2) is 7.03. The lowest BCUT2D eigenvalue weighted by molar-refractivity contribution is 0.101. The van der Waals surface area contributed by atoms with Crippen molar-refractivity contribution in [1.29, 1.82) is 0 Å². The van der Waals surface area contributed by atoms with Crippen LogP contribution in [0.2, 0.25) is 0 Å². The van der Waals surface area contributed by atoms with Crippen LogP contribution in [0, 0.1) is 11.7 Å². The number of carbonyl (C=O) groups excluding carboxylic acids is 1. The van der Waals surface area contributed by atoms with E-state index in [1.54, 1.807) is 6.07 Å². The molecule has 1 aromatic rings. The number of halogens is 1. The fourth-order valence-corrected chi connectivity index (χ4v) is 3.24. The van der Waals surface area contributed by atoms with Crippen molar-refractivity contribution in [2.24, 2.45) is 5.92 Å². The van der Waals surface area contributed by atoms with Crippen molar-refractivity contribution in [1.82, 2.24) is 4.90 Å². The summed E-state index contributed by atoms with van der Waals surface area (Å²) in [6, 6.07) is 4.91. The molecule has 1 aromatic carbocycles. The number of nitrogens with zero attached hydrogens (tertiary/aromatic N) is 2. The van der Waals surface area contributed by atoms with Gasteiger partial charge >= 0.3 is 0 Å². The monoisotopic (exact) mass is 292 g/mol. The molecule has 21 heavy (non-hydrogen) atoms. The summed E-state index contributed by atoms with van der Waals surface area (Å²) in [6.45, 7) is 7.59. The summed E-state index contributed by atoms with van der Waals surface area (Å²) in [6.07, 6.45) is 2.26. The highest BCUT2D eigenvalue weighted by molar-refractivity contribution is 6.00. The molecule has 1 atom stereocenters. The van der Waals surface area contributed by atoms with Gasteiger partial charge < -0.3 is 9.80 Å². The second-order valence-corrected chi connectivity index (χ2v) is 6.05. The zero-order chi connectivity index (χ0) is 15.4. The van der Waals surface area contributed by atoms with Crippen LogP contribution in [0.3, 0.4) is 0 Å². The van der Waals surface area contributed by atoms with E-state index in [2.05, 4.69) is 23.8 Å². The van der Waals surface area contributed by atoms with Gasteiger partial charge in [0, 0.05) is 19.6 Å².